The predicted octanol–water partition coefficient (Wildman–Crippen LogP) is 2.51. The molecule has 0 aromatic heterocycles. The zero-order valence-electron chi connectivity index (χ0n) is 15.9. The molecule has 1 aliphatic heterocycles. The molecule has 0 bridgehead atoms. The molecule has 2 atom stereocenters. The summed E-state index contributed by atoms with van der Waals surface area (Å²) in [4.78, 5) is 4.14. The van der Waals surface area contributed by atoms with E-state index in [9.17, 15) is 14.9 Å². The molecule has 1 aliphatic rings. The van der Waals surface area contributed by atoms with E-state index in [-0.39, 0.29) is 17.9 Å². The number of benzene rings is 1. The van der Waals surface area contributed by atoms with Gasteiger partial charge in [0.05, 0.1) is 6.04 Å². The van der Waals surface area contributed by atoms with Gasteiger partial charge in [-0.15, -0.1) is 0 Å². The number of hydrogen-bond acceptors (Lipinski definition) is 5. The van der Waals surface area contributed by atoms with Crippen LogP contribution in [-0.2, 0) is 6.54 Å². The minimum Gasteiger partial charge on any atom is -0.312 e. The smallest absolute Gasteiger partial charge is 0.213 e. The number of likely N-dealkylation sites (N-methyl/N-ethyl adjacent to an activating group) is 2. The SMILES string of the molecule is CCN(C)C(C#N)(C#N)C(NC)C1CCCCN1Cc1ccc(F)cc1. The Bertz CT molecular complexity index is 646. The van der Waals surface area contributed by atoms with E-state index in [2.05, 4.69) is 22.4 Å². The van der Waals surface area contributed by atoms with Crippen molar-refractivity contribution in [3.8, 4) is 12.1 Å². The second-order valence-corrected chi connectivity index (χ2v) is 6.93. The van der Waals surface area contributed by atoms with E-state index < -0.39 is 5.54 Å². The van der Waals surface area contributed by atoms with Crippen LogP contribution < -0.4 is 5.32 Å². The third-order valence-corrected chi connectivity index (χ3v) is 5.53. The Balaban J connectivity index is 2.31. The van der Waals surface area contributed by atoms with Gasteiger partial charge in [0.2, 0.25) is 5.54 Å². The van der Waals surface area contributed by atoms with Crippen LogP contribution in [0.2, 0.25) is 0 Å². The molecule has 0 spiro atoms. The van der Waals surface area contributed by atoms with E-state index in [0.29, 0.717) is 13.1 Å². The van der Waals surface area contributed by atoms with Crippen molar-refractivity contribution in [1.29, 1.82) is 10.5 Å². The second kappa shape index (κ2) is 9.09. The van der Waals surface area contributed by atoms with Gasteiger partial charge in [0, 0.05) is 12.6 Å². The van der Waals surface area contributed by atoms with Crippen molar-refractivity contribution in [3.63, 3.8) is 0 Å². The van der Waals surface area contributed by atoms with Crippen LogP contribution in [0.3, 0.4) is 0 Å². The highest BCUT2D eigenvalue weighted by Gasteiger charge is 2.48. The van der Waals surface area contributed by atoms with Gasteiger partial charge in [-0.2, -0.15) is 10.5 Å². The molecule has 5 nitrogen and oxygen atoms in total. The Morgan fingerprint density at radius 3 is 2.50 bits per heavy atom. The van der Waals surface area contributed by atoms with E-state index >= 15 is 0 Å². The van der Waals surface area contributed by atoms with E-state index in [0.717, 1.165) is 31.4 Å². The fourth-order valence-electron chi connectivity index (χ4n) is 3.92. The molecule has 1 aromatic carbocycles. The molecule has 6 heteroatoms. The van der Waals surface area contributed by atoms with Gasteiger partial charge in [-0.3, -0.25) is 9.80 Å². The normalized spacial score (nSPS) is 19.7. The highest BCUT2D eigenvalue weighted by molar-refractivity contribution is 5.29. The summed E-state index contributed by atoms with van der Waals surface area (Å²) in [5.74, 6) is -0.241. The lowest BCUT2D eigenvalue weighted by Crippen LogP contribution is -2.66. The molecular formula is C20H28FN5. The Kier molecular flexibility index (Phi) is 7.11. The Labute approximate surface area is 156 Å². The average molecular weight is 357 g/mol. The molecule has 1 aromatic rings. The fourth-order valence-corrected chi connectivity index (χ4v) is 3.92. The van der Waals surface area contributed by atoms with Crippen LogP contribution in [-0.4, -0.2) is 54.6 Å². The van der Waals surface area contributed by atoms with Crippen LogP contribution in [0.5, 0.6) is 0 Å². The molecule has 1 saturated heterocycles. The summed E-state index contributed by atoms with van der Waals surface area (Å²) in [6, 6.07) is 10.9. The predicted molar refractivity (Wildman–Crippen MR) is 99.6 cm³/mol. The molecule has 140 valence electrons. The number of nitriles is 2. The highest BCUT2D eigenvalue weighted by atomic mass is 19.1. The molecule has 2 rings (SSSR count). The summed E-state index contributed by atoms with van der Waals surface area (Å²) in [6.45, 7) is 4.16. The summed E-state index contributed by atoms with van der Waals surface area (Å²) >= 11 is 0. The van der Waals surface area contributed by atoms with Crippen molar-refractivity contribution >= 4 is 0 Å². The number of nitrogens with one attached hydrogen (secondary N) is 1. The lowest BCUT2D eigenvalue weighted by Gasteiger charge is -2.46. The molecule has 26 heavy (non-hydrogen) atoms. The first kappa shape index (κ1) is 20.3. The van der Waals surface area contributed by atoms with Gasteiger partial charge in [-0.1, -0.05) is 25.5 Å². The summed E-state index contributed by atoms with van der Waals surface area (Å²) in [5.41, 5.74) is -0.191. The lowest BCUT2D eigenvalue weighted by molar-refractivity contribution is 0.0620. The maximum absolute atomic E-state index is 13.2. The Hall–Kier alpha value is -1.99. The second-order valence-electron chi connectivity index (χ2n) is 6.93. The van der Waals surface area contributed by atoms with Gasteiger partial charge in [0.25, 0.3) is 0 Å². The van der Waals surface area contributed by atoms with Crippen molar-refractivity contribution in [2.45, 2.75) is 50.4 Å². The number of likely N-dealkylation sites (tertiary alicyclic amines) is 1. The first-order valence-electron chi connectivity index (χ1n) is 9.21. The third-order valence-electron chi connectivity index (χ3n) is 5.53. The number of piperidine rings is 1. The van der Waals surface area contributed by atoms with Crippen LogP contribution >= 0.6 is 0 Å². The molecule has 1 heterocycles. The minimum atomic E-state index is -1.23. The monoisotopic (exact) mass is 357 g/mol. The third kappa shape index (κ3) is 4.04. The molecule has 0 radical (unpaired) electrons. The quantitative estimate of drug-likeness (QED) is 0.812. The van der Waals surface area contributed by atoms with Crippen LogP contribution in [0.15, 0.2) is 24.3 Å². The fraction of sp³-hybridized carbons (Fsp3) is 0.600. The Morgan fingerprint density at radius 2 is 1.96 bits per heavy atom. The molecule has 0 aliphatic carbocycles. The van der Waals surface area contributed by atoms with Crippen molar-refractivity contribution in [3.05, 3.63) is 35.6 Å². The van der Waals surface area contributed by atoms with Crippen LogP contribution in [0.25, 0.3) is 0 Å². The number of rotatable bonds is 7. The van der Waals surface area contributed by atoms with Crippen molar-refractivity contribution in [2.24, 2.45) is 0 Å². The maximum Gasteiger partial charge on any atom is 0.213 e. The van der Waals surface area contributed by atoms with Gasteiger partial charge in [-0.25, -0.2) is 4.39 Å². The van der Waals surface area contributed by atoms with E-state index in [1.807, 2.05) is 25.9 Å². The average Bonchev–Trinajstić information content (AvgIpc) is 2.68. The van der Waals surface area contributed by atoms with E-state index in [4.69, 9.17) is 0 Å². The van der Waals surface area contributed by atoms with E-state index in [1.54, 1.807) is 12.1 Å². The largest absolute Gasteiger partial charge is 0.312 e. The molecule has 0 amide bonds. The van der Waals surface area contributed by atoms with Crippen molar-refractivity contribution < 1.29 is 4.39 Å². The van der Waals surface area contributed by atoms with E-state index in [1.165, 1.54) is 12.1 Å². The Morgan fingerprint density at radius 1 is 1.31 bits per heavy atom. The van der Waals surface area contributed by atoms with Gasteiger partial charge in [0.15, 0.2) is 0 Å². The van der Waals surface area contributed by atoms with Gasteiger partial charge >= 0.3 is 0 Å². The van der Waals surface area contributed by atoms with Crippen LogP contribution in [0, 0.1) is 28.5 Å². The number of nitrogens with zero attached hydrogens (tertiary/aromatic N) is 4. The molecule has 0 saturated carbocycles. The van der Waals surface area contributed by atoms with Gasteiger partial charge in [-0.05, 0) is 57.7 Å². The minimum absolute atomic E-state index is 0.0621. The summed E-state index contributed by atoms with van der Waals surface area (Å²) < 4.78 is 13.2. The standard InChI is InChI=1S/C20H28FN5/c1-4-25(3)20(14-22,15-23)19(24-2)18-7-5-6-12-26(18)13-16-8-10-17(21)11-9-16/h8-11,18-19,24H,4-7,12-13H2,1-3H3. The zero-order valence-corrected chi connectivity index (χ0v) is 15.9. The molecule has 1 N–H and O–H groups in total. The number of hydrogen-bond donors (Lipinski definition) is 1. The summed E-state index contributed by atoms with van der Waals surface area (Å²) in [6.07, 6.45) is 3.09. The summed E-state index contributed by atoms with van der Waals surface area (Å²) in [7, 11) is 3.65. The first-order valence-corrected chi connectivity index (χ1v) is 9.21. The summed E-state index contributed by atoms with van der Waals surface area (Å²) in [5, 5.41) is 23.1. The van der Waals surface area contributed by atoms with Crippen LogP contribution in [0.4, 0.5) is 4.39 Å². The number of halogens is 1. The van der Waals surface area contributed by atoms with Crippen molar-refractivity contribution in [1.82, 2.24) is 15.1 Å². The van der Waals surface area contributed by atoms with Gasteiger partial charge < -0.3 is 5.32 Å². The highest BCUT2D eigenvalue weighted by Crippen LogP contribution is 2.29. The molecular weight excluding hydrogens is 329 g/mol. The lowest BCUT2D eigenvalue weighted by atomic mass is 9.81. The molecule has 1 fully saturated rings. The zero-order chi connectivity index (χ0) is 19.2. The topological polar surface area (TPSA) is 66.1 Å². The van der Waals surface area contributed by atoms with Gasteiger partial charge in [0.1, 0.15) is 18.0 Å². The first-order chi connectivity index (χ1) is 12.5. The molecule has 2 unspecified atom stereocenters. The maximum atomic E-state index is 13.2. The van der Waals surface area contributed by atoms with Crippen LogP contribution in [0.1, 0.15) is 31.7 Å². The van der Waals surface area contributed by atoms with Crippen molar-refractivity contribution in [2.75, 3.05) is 27.2 Å².